The number of aliphatic carboxylic acids is 1. The number of benzene rings is 2. The lowest BCUT2D eigenvalue weighted by molar-refractivity contribution is -0.137. The van der Waals surface area contributed by atoms with Crippen LogP contribution in [0.15, 0.2) is 72.0 Å². The van der Waals surface area contributed by atoms with Gasteiger partial charge in [-0.1, -0.05) is 80.9 Å². The summed E-state index contributed by atoms with van der Waals surface area (Å²) in [6, 6.07) is 16.4. The van der Waals surface area contributed by atoms with Crippen LogP contribution in [0.25, 0.3) is 6.08 Å². The van der Waals surface area contributed by atoms with Gasteiger partial charge in [0, 0.05) is 13.0 Å². The van der Waals surface area contributed by atoms with E-state index < -0.39 is 29.5 Å². The number of carboxylic acid groups (broad SMARTS) is 1. The number of ketones is 1. The first-order valence-corrected chi connectivity index (χ1v) is 11.6. The summed E-state index contributed by atoms with van der Waals surface area (Å²) >= 11 is 0. The second kappa shape index (κ2) is 11.5. The molecule has 3 rings (SSSR count). The molecule has 1 aliphatic rings. The van der Waals surface area contributed by atoms with Gasteiger partial charge in [0.15, 0.2) is 11.5 Å². The Bertz CT molecular complexity index is 1080. The lowest BCUT2D eigenvalue weighted by Gasteiger charge is -2.27. The van der Waals surface area contributed by atoms with Crippen LogP contribution >= 0.6 is 0 Å². The zero-order chi connectivity index (χ0) is 24.7. The SMILES string of the molecule is CC(C)c1ccc([C@H]2C(C(=O)/C=C/c3ccccc3)=C(O)C(=O)N2CCCCCC(=O)O)cc1. The fourth-order valence-corrected chi connectivity index (χ4v) is 4.11. The van der Waals surface area contributed by atoms with Gasteiger partial charge in [-0.15, -0.1) is 0 Å². The van der Waals surface area contributed by atoms with Crippen molar-refractivity contribution >= 4 is 23.7 Å². The first-order chi connectivity index (χ1) is 16.3. The van der Waals surface area contributed by atoms with Crippen molar-refractivity contribution in [3.8, 4) is 0 Å². The monoisotopic (exact) mass is 461 g/mol. The zero-order valence-electron chi connectivity index (χ0n) is 19.6. The highest BCUT2D eigenvalue weighted by Gasteiger charge is 2.42. The van der Waals surface area contributed by atoms with Crippen molar-refractivity contribution in [1.82, 2.24) is 4.90 Å². The fourth-order valence-electron chi connectivity index (χ4n) is 4.11. The molecular weight excluding hydrogens is 430 g/mol. The number of hydrogen-bond donors (Lipinski definition) is 2. The van der Waals surface area contributed by atoms with Crippen LogP contribution in [-0.4, -0.2) is 39.3 Å². The number of nitrogens with zero attached hydrogens (tertiary/aromatic N) is 1. The highest BCUT2D eigenvalue weighted by molar-refractivity contribution is 6.14. The molecule has 1 aliphatic heterocycles. The largest absolute Gasteiger partial charge is 0.503 e. The quantitative estimate of drug-likeness (QED) is 0.344. The number of amides is 1. The van der Waals surface area contributed by atoms with E-state index in [9.17, 15) is 19.5 Å². The first-order valence-electron chi connectivity index (χ1n) is 11.6. The maximum absolute atomic E-state index is 13.2. The number of rotatable bonds is 11. The van der Waals surface area contributed by atoms with E-state index in [1.54, 1.807) is 6.08 Å². The maximum Gasteiger partial charge on any atom is 0.303 e. The van der Waals surface area contributed by atoms with E-state index >= 15 is 0 Å². The van der Waals surface area contributed by atoms with Crippen molar-refractivity contribution in [2.45, 2.75) is 51.5 Å². The third-order valence-electron chi connectivity index (χ3n) is 6.00. The third kappa shape index (κ3) is 6.01. The molecule has 0 bridgehead atoms. The number of aliphatic hydroxyl groups is 1. The molecule has 2 N–H and O–H groups in total. The molecule has 1 amide bonds. The van der Waals surface area contributed by atoms with Crippen LogP contribution in [0.2, 0.25) is 0 Å². The minimum Gasteiger partial charge on any atom is -0.503 e. The third-order valence-corrected chi connectivity index (χ3v) is 6.00. The van der Waals surface area contributed by atoms with Crippen molar-refractivity contribution in [2.75, 3.05) is 6.54 Å². The van der Waals surface area contributed by atoms with Crippen molar-refractivity contribution in [3.05, 3.63) is 88.7 Å². The van der Waals surface area contributed by atoms with Crippen molar-refractivity contribution in [1.29, 1.82) is 0 Å². The standard InChI is InChI=1S/C28H31NO5/c1-19(2)21-13-15-22(16-14-21)26-25(23(30)17-12-20-9-5-3-6-10-20)27(33)28(34)29(26)18-8-4-7-11-24(31)32/h3,5-6,9-10,12-17,19,26,33H,4,7-8,11,18H2,1-2H3,(H,31,32)/b17-12+/t26-/m0/s1. The summed E-state index contributed by atoms with van der Waals surface area (Å²) in [6.45, 7) is 4.50. The summed E-state index contributed by atoms with van der Waals surface area (Å²) < 4.78 is 0. The molecule has 0 spiro atoms. The molecule has 1 atom stereocenters. The Balaban J connectivity index is 1.88. The Labute approximate surface area is 200 Å². The number of unbranched alkanes of at least 4 members (excludes halogenated alkanes) is 2. The predicted molar refractivity (Wildman–Crippen MR) is 131 cm³/mol. The van der Waals surface area contributed by atoms with E-state index in [4.69, 9.17) is 5.11 Å². The summed E-state index contributed by atoms with van der Waals surface area (Å²) in [5.74, 6) is -2.03. The van der Waals surface area contributed by atoms with Gasteiger partial charge in [0.05, 0.1) is 11.6 Å². The molecule has 0 aliphatic carbocycles. The Kier molecular flexibility index (Phi) is 8.41. The summed E-state index contributed by atoms with van der Waals surface area (Å²) in [5.41, 5.74) is 2.80. The normalized spacial score (nSPS) is 16.1. The van der Waals surface area contributed by atoms with Crippen LogP contribution in [0, 0.1) is 0 Å². The van der Waals surface area contributed by atoms with Crippen LogP contribution in [0.5, 0.6) is 0 Å². The zero-order valence-corrected chi connectivity index (χ0v) is 19.6. The Morgan fingerprint density at radius 2 is 1.68 bits per heavy atom. The van der Waals surface area contributed by atoms with Gasteiger partial charge in [-0.3, -0.25) is 14.4 Å². The lowest BCUT2D eigenvalue weighted by Crippen LogP contribution is -2.32. The van der Waals surface area contributed by atoms with Gasteiger partial charge in [-0.05, 0) is 41.5 Å². The molecule has 6 heteroatoms. The van der Waals surface area contributed by atoms with E-state index in [0.29, 0.717) is 31.7 Å². The van der Waals surface area contributed by atoms with E-state index in [0.717, 1.165) is 16.7 Å². The van der Waals surface area contributed by atoms with Crippen LogP contribution in [0.1, 0.15) is 68.2 Å². The highest BCUT2D eigenvalue weighted by Crippen LogP contribution is 2.38. The van der Waals surface area contributed by atoms with Crippen LogP contribution in [0.4, 0.5) is 0 Å². The van der Waals surface area contributed by atoms with Gasteiger partial charge in [0.1, 0.15) is 0 Å². The van der Waals surface area contributed by atoms with Gasteiger partial charge < -0.3 is 15.1 Å². The molecule has 34 heavy (non-hydrogen) atoms. The van der Waals surface area contributed by atoms with Gasteiger partial charge >= 0.3 is 5.97 Å². The molecular formula is C28H31NO5. The molecule has 2 aromatic carbocycles. The van der Waals surface area contributed by atoms with Crippen molar-refractivity contribution in [2.24, 2.45) is 0 Å². The Hall–Kier alpha value is -3.67. The molecule has 0 saturated heterocycles. The number of carboxylic acids is 1. The lowest BCUT2D eigenvalue weighted by atomic mass is 9.93. The minimum atomic E-state index is -0.849. The number of aliphatic hydroxyl groups excluding tert-OH is 1. The number of carbonyl (C=O) groups is 3. The second-order valence-corrected chi connectivity index (χ2v) is 8.80. The predicted octanol–water partition coefficient (Wildman–Crippen LogP) is 5.43. The summed E-state index contributed by atoms with van der Waals surface area (Å²) in [7, 11) is 0. The molecule has 6 nitrogen and oxygen atoms in total. The van der Waals surface area contributed by atoms with Crippen molar-refractivity contribution in [3.63, 3.8) is 0 Å². The Morgan fingerprint density at radius 3 is 2.29 bits per heavy atom. The second-order valence-electron chi connectivity index (χ2n) is 8.80. The van der Waals surface area contributed by atoms with Gasteiger partial charge in [0.2, 0.25) is 0 Å². The van der Waals surface area contributed by atoms with Gasteiger partial charge in [-0.25, -0.2) is 0 Å². The number of allylic oxidation sites excluding steroid dienone is 1. The molecule has 0 radical (unpaired) electrons. The first kappa shape index (κ1) is 25.0. The summed E-state index contributed by atoms with van der Waals surface area (Å²) in [6.07, 6.45) is 4.85. The fraction of sp³-hybridized carbons (Fsp3) is 0.321. The maximum atomic E-state index is 13.2. The summed E-state index contributed by atoms with van der Waals surface area (Å²) in [4.78, 5) is 38.4. The van der Waals surface area contributed by atoms with E-state index in [2.05, 4.69) is 13.8 Å². The molecule has 0 fully saturated rings. The van der Waals surface area contributed by atoms with Crippen LogP contribution < -0.4 is 0 Å². The number of carbonyl (C=O) groups excluding carboxylic acids is 2. The average Bonchev–Trinajstić information content (AvgIpc) is 3.08. The smallest absolute Gasteiger partial charge is 0.303 e. The van der Waals surface area contributed by atoms with Gasteiger partial charge in [0.25, 0.3) is 5.91 Å². The minimum absolute atomic E-state index is 0.0695. The molecule has 0 saturated carbocycles. The van der Waals surface area contributed by atoms with Crippen LogP contribution in [-0.2, 0) is 14.4 Å². The van der Waals surface area contributed by atoms with E-state index in [1.165, 1.54) is 11.0 Å². The molecule has 1 heterocycles. The van der Waals surface area contributed by atoms with E-state index in [1.807, 2.05) is 54.6 Å². The average molecular weight is 462 g/mol. The molecule has 0 aromatic heterocycles. The topological polar surface area (TPSA) is 94.9 Å². The van der Waals surface area contributed by atoms with E-state index in [-0.39, 0.29) is 12.0 Å². The number of hydrogen-bond acceptors (Lipinski definition) is 4. The molecule has 178 valence electrons. The summed E-state index contributed by atoms with van der Waals surface area (Å²) in [5, 5.41) is 19.5. The van der Waals surface area contributed by atoms with Crippen LogP contribution in [0.3, 0.4) is 0 Å². The van der Waals surface area contributed by atoms with Gasteiger partial charge in [-0.2, -0.15) is 0 Å². The highest BCUT2D eigenvalue weighted by atomic mass is 16.4. The Morgan fingerprint density at radius 1 is 1.00 bits per heavy atom. The molecule has 0 unspecified atom stereocenters. The molecule has 2 aromatic rings. The van der Waals surface area contributed by atoms with Crippen molar-refractivity contribution < 1.29 is 24.6 Å².